The molecule has 1 aliphatic heterocycles. The molecule has 0 bridgehead atoms. The Morgan fingerprint density at radius 1 is 1.11 bits per heavy atom. The van der Waals surface area contributed by atoms with E-state index in [-0.39, 0.29) is 17.2 Å². The molecule has 1 heterocycles. The molecule has 0 aromatic heterocycles. The summed E-state index contributed by atoms with van der Waals surface area (Å²) in [6.45, 7) is 4.17. The Balaban J connectivity index is 1.81. The normalized spacial score (nSPS) is 15.9. The van der Waals surface area contributed by atoms with Gasteiger partial charge in [0.05, 0.1) is 12.0 Å². The average Bonchev–Trinajstić information content (AvgIpc) is 2.88. The fourth-order valence-electron chi connectivity index (χ4n) is 2.61. The third-order valence-electron chi connectivity index (χ3n) is 3.88. The van der Waals surface area contributed by atoms with Crippen LogP contribution in [-0.4, -0.2) is 22.1 Å². The molecule has 0 saturated carbocycles. The van der Waals surface area contributed by atoms with Crippen LogP contribution >= 0.6 is 56.9 Å². The molecule has 3 rings (SSSR count). The van der Waals surface area contributed by atoms with E-state index < -0.39 is 0 Å². The lowest BCUT2D eigenvalue weighted by Crippen LogP contribution is -2.34. The molecule has 0 aliphatic carbocycles. The molecule has 140 valence electrons. The smallest absolute Gasteiger partial charge is 0.293 e. The van der Waals surface area contributed by atoms with Gasteiger partial charge in [-0.1, -0.05) is 30.3 Å². The summed E-state index contributed by atoms with van der Waals surface area (Å²) in [5.41, 5.74) is 1.99. The van der Waals surface area contributed by atoms with Gasteiger partial charge in [-0.3, -0.25) is 14.5 Å². The summed E-state index contributed by atoms with van der Waals surface area (Å²) >= 11 is 5.46. The fourth-order valence-corrected chi connectivity index (χ4v) is 5.70. The summed E-state index contributed by atoms with van der Waals surface area (Å²) in [6, 6.07) is 13.8. The molecule has 7 heteroatoms. The van der Waals surface area contributed by atoms with E-state index in [0.29, 0.717) is 11.5 Å². The lowest BCUT2D eigenvalue weighted by Gasteiger charge is -2.16. The average molecular weight is 605 g/mol. The van der Waals surface area contributed by atoms with Crippen LogP contribution in [0.15, 0.2) is 47.4 Å². The molecule has 27 heavy (non-hydrogen) atoms. The minimum absolute atomic E-state index is 0.141. The molecule has 0 spiro atoms. The monoisotopic (exact) mass is 605 g/mol. The Hall–Kier alpha value is -1.07. The summed E-state index contributed by atoms with van der Waals surface area (Å²) in [6.07, 6.45) is 1.78. The van der Waals surface area contributed by atoms with E-state index in [2.05, 4.69) is 45.2 Å². The Morgan fingerprint density at radius 2 is 1.74 bits per heavy atom. The number of nitrogens with zero attached hydrogens (tertiary/aromatic N) is 1. The number of imide groups is 1. The van der Waals surface area contributed by atoms with Crippen LogP contribution in [0.3, 0.4) is 0 Å². The first kappa shape index (κ1) is 20.7. The highest BCUT2D eigenvalue weighted by atomic mass is 127. The van der Waals surface area contributed by atoms with Gasteiger partial charge in [0, 0.05) is 6.04 Å². The van der Waals surface area contributed by atoms with Gasteiger partial charge in [0.15, 0.2) is 0 Å². The second-order valence-electron chi connectivity index (χ2n) is 6.23. The van der Waals surface area contributed by atoms with Gasteiger partial charge in [-0.2, -0.15) is 0 Å². The van der Waals surface area contributed by atoms with E-state index >= 15 is 0 Å². The highest BCUT2D eigenvalue weighted by molar-refractivity contribution is 14.1. The summed E-state index contributed by atoms with van der Waals surface area (Å²) in [5, 5.41) is -0.214. The van der Waals surface area contributed by atoms with E-state index in [1.165, 1.54) is 4.90 Å². The molecule has 0 unspecified atom stereocenters. The molecule has 2 amide bonds. The Morgan fingerprint density at radius 3 is 2.30 bits per heavy atom. The molecule has 1 fully saturated rings. The maximum Gasteiger partial charge on any atom is 0.293 e. The fraction of sp³-hybridized carbons (Fsp3) is 0.200. The third-order valence-corrected chi connectivity index (χ3v) is 6.37. The van der Waals surface area contributed by atoms with Crippen molar-refractivity contribution >= 4 is 74.2 Å². The molecule has 1 saturated heterocycles. The summed E-state index contributed by atoms with van der Waals surface area (Å²) in [7, 11) is 0. The van der Waals surface area contributed by atoms with Crippen molar-refractivity contribution in [2.75, 3.05) is 0 Å². The van der Waals surface area contributed by atoms with Crippen molar-refractivity contribution in [3.05, 3.63) is 65.6 Å². The number of halogens is 2. The SMILES string of the molecule is CC(C)N1C(=O)S/C(=C/c2cc(I)c(OCc3ccccc3)c(I)c2)C1=O. The van der Waals surface area contributed by atoms with E-state index in [9.17, 15) is 9.59 Å². The topological polar surface area (TPSA) is 46.6 Å². The van der Waals surface area contributed by atoms with Crippen molar-refractivity contribution in [3.63, 3.8) is 0 Å². The first-order chi connectivity index (χ1) is 12.9. The summed E-state index contributed by atoms with van der Waals surface area (Å²) < 4.78 is 7.92. The zero-order chi connectivity index (χ0) is 19.6. The van der Waals surface area contributed by atoms with Crippen LogP contribution in [0.25, 0.3) is 6.08 Å². The maximum atomic E-state index is 12.4. The molecule has 4 nitrogen and oxygen atoms in total. The summed E-state index contributed by atoms with van der Waals surface area (Å²) in [5.74, 6) is 0.599. The van der Waals surface area contributed by atoms with Crippen LogP contribution in [0, 0.1) is 7.14 Å². The molecule has 0 N–H and O–H groups in total. The quantitative estimate of drug-likeness (QED) is 0.314. The van der Waals surface area contributed by atoms with Crippen molar-refractivity contribution in [2.45, 2.75) is 26.5 Å². The number of carbonyl (C=O) groups is 2. The minimum atomic E-state index is -0.227. The van der Waals surface area contributed by atoms with Gasteiger partial charge >= 0.3 is 0 Å². The van der Waals surface area contributed by atoms with E-state index in [1.807, 2.05) is 56.3 Å². The highest BCUT2D eigenvalue weighted by Crippen LogP contribution is 2.35. The van der Waals surface area contributed by atoms with E-state index in [1.54, 1.807) is 6.08 Å². The number of benzene rings is 2. The zero-order valence-corrected chi connectivity index (χ0v) is 19.9. The second-order valence-corrected chi connectivity index (χ2v) is 9.55. The van der Waals surface area contributed by atoms with E-state index in [4.69, 9.17) is 4.74 Å². The standard InChI is InChI=1S/C20H17I2NO3S/c1-12(2)23-19(24)17(27-20(23)25)10-14-8-15(21)18(16(22)9-14)26-11-13-6-4-3-5-7-13/h3-10,12H,11H2,1-2H3/b17-10+. The van der Waals surface area contributed by atoms with Crippen molar-refractivity contribution in [1.29, 1.82) is 0 Å². The molecule has 1 aliphatic rings. The molecule has 2 aromatic carbocycles. The van der Waals surface area contributed by atoms with Crippen LogP contribution in [0.4, 0.5) is 4.79 Å². The lowest BCUT2D eigenvalue weighted by molar-refractivity contribution is -0.123. The highest BCUT2D eigenvalue weighted by Gasteiger charge is 2.36. The van der Waals surface area contributed by atoms with Gasteiger partial charge in [0.1, 0.15) is 12.4 Å². The number of hydrogen-bond donors (Lipinski definition) is 0. The van der Waals surface area contributed by atoms with Crippen molar-refractivity contribution in [1.82, 2.24) is 4.90 Å². The number of carbonyl (C=O) groups excluding carboxylic acids is 2. The number of thioether (sulfide) groups is 1. The van der Waals surface area contributed by atoms with Gasteiger partial charge in [0.25, 0.3) is 11.1 Å². The number of hydrogen-bond acceptors (Lipinski definition) is 4. The van der Waals surface area contributed by atoms with Gasteiger partial charge in [-0.25, -0.2) is 0 Å². The van der Waals surface area contributed by atoms with Gasteiger partial charge in [-0.15, -0.1) is 0 Å². The minimum Gasteiger partial charge on any atom is -0.487 e. The lowest BCUT2D eigenvalue weighted by atomic mass is 10.2. The number of ether oxygens (including phenoxy) is 1. The predicted molar refractivity (Wildman–Crippen MR) is 126 cm³/mol. The first-order valence-corrected chi connectivity index (χ1v) is 11.3. The van der Waals surface area contributed by atoms with Crippen LogP contribution < -0.4 is 4.74 Å². The molecular formula is C20H17I2NO3S. The number of amides is 2. The van der Waals surface area contributed by atoms with Gasteiger partial charge in [0.2, 0.25) is 0 Å². The predicted octanol–water partition coefficient (Wildman–Crippen LogP) is 5.92. The van der Waals surface area contributed by atoms with Crippen LogP contribution in [-0.2, 0) is 11.4 Å². The Labute approximate surface area is 190 Å². The summed E-state index contributed by atoms with van der Waals surface area (Å²) in [4.78, 5) is 26.2. The largest absolute Gasteiger partial charge is 0.487 e. The molecule has 0 atom stereocenters. The number of rotatable bonds is 5. The van der Waals surface area contributed by atoms with Gasteiger partial charge in [-0.05, 0) is 100 Å². The van der Waals surface area contributed by atoms with Crippen molar-refractivity contribution < 1.29 is 14.3 Å². The van der Waals surface area contributed by atoms with Crippen molar-refractivity contribution in [3.8, 4) is 5.75 Å². The molecular weight excluding hydrogens is 588 g/mol. The Kier molecular flexibility index (Phi) is 6.85. The molecule has 0 radical (unpaired) electrons. The van der Waals surface area contributed by atoms with Crippen LogP contribution in [0.5, 0.6) is 5.75 Å². The third kappa shape index (κ3) is 4.86. The van der Waals surface area contributed by atoms with Gasteiger partial charge < -0.3 is 4.74 Å². The van der Waals surface area contributed by atoms with Crippen LogP contribution in [0.1, 0.15) is 25.0 Å². The Bertz CT molecular complexity index is 890. The van der Waals surface area contributed by atoms with Crippen molar-refractivity contribution in [2.24, 2.45) is 0 Å². The first-order valence-electron chi connectivity index (χ1n) is 8.29. The zero-order valence-electron chi connectivity index (χ0n) is 14.7. The van der Waals surface area contributed by atoms with E-state index in [0.717, 1.165) is 35.8 Å². The molecule has 2 aromatic rings. The second kappa shape index (κ2) is 8.95. The maximum absolute atomic E-state index is 12.4. The van der Waals surface area contributed by atoms with Crippen LogP contribution in [0.2, 0.25) is 0 Å².